The van der Waals surface area contributed by atoms with Gasteiger partial charge in [-0.15, -0.1) is 0 Å². The second kappa shape index (κ2) is 9.25. The molecule has 138 valence electrons. The number of nitrogens with zero attached hydrogens (tertiary/aromatic N) is 2. The lowest BCUT2D eigenvalue weighted by molar-refractivity contribution is 0.197. The summed E-state index contributed by atoms with van der Waals surface area (Å²) in [6.45, 7) is 4.95. The van der Waals surface area contributed by atoms with Gasteiger partial charge in [-0.1, -0.05) is 42.5 Å². The van der Waals surface area contributed by atoms with Crippen LogP contribution in [0.4, 0.5) is 4.79 Å². The summed E-state index contributed by atoms with van der Waals surface area (Å²) in [6, 6.07) is 18.3. The summed E-state index contributed by atoms with van der Waals surface area (Å²) >= 11 is 0. The number of amides is 2. The molecule has 0 atom stereocenters. The number of benzene rings is 2. The fraction of sp³-hybridized carbons (Fsp3) is 0.381. The van der Waals surface area contributed by atoms with Gasteiger partial charge in [-0.2, -0.15) is 0 Å². The van der Waals surface area contributed by atoms with Crippen molar-refractivity contribution in [2.75, 3.05) is 33.3 Å². The van der Waals surface area contributed by atoms with Crippen molar-refractivity contribution in [3.05, 3.63) is 65.7 Å². The third-order valence-corrected chi connectivity index (χ3v) is 4.73. The van der Waals surface area contributed by atoms with E-state index in [1.165, 1.54) is 5.56 Å². The quantitative estimate of drug-likeness (QED) is 0.898. The Hall–Kier alpha value is -2.53. The third kappa shape index (κ3) is 5.23. The second-order valence-corrected chi connectivity index (χ2v) is 6.61. The van der Waals surface area contributed by atoms with Crippen LogP contribution >= 0.6 is 0 Å². The zero-order chi connectivity index (χ0) is 18.2. The van der Waals surface area contributed by atoms with Gasteiger partial charge < -0.3 is 15.0 Å². The first-order valence-corrected chi connectivity index (χ1v) is 9.16. The van der Waals surface area contributed by atoms with Crippen molar-refractivity contribution < 1.29 is 9.53 Å². The number of hydrogen-bond donors (Lipinski definition) is 1. The minimum absolute atomic E-state index is 0.0279. The summed E-state index contributed by atoms with van der Waals surface area (Å²) in [5.74, 6) is 0.880. The Labute approximate surface area is 155 Å². The first-order chi connectivity index (χ1) is 12.7. The highest BCUT2D eigenvalue weighted by Gasteiger charge is 2.19. The van der Waals surface area contributed by atoms with Crippen LogP contribution in [0.25, 0.3) is 0 Å². The van der Waals surface area contributed by atoms with E-state index in [9.17, 15) is 4.79 Å². The van der Waals surface area contributed by atoms with E-state index in [1.54, 1.807) is 7.11 Å². The van der Waals surface area contributed by atoms with Crippen molar-refractivity contribution in [2.45, 2.75) is 19.5 Å². The van der Waals surface area contributed by atoms with Crippen molar-refractivity contribution >= 4 is 6.03 Å². The molecule has 2 aromatic rings. The number of nitrogens with one attached hydrogen (secondary N) is 1. The van der Waals surface area contributed by atoms with Gasteiger partial charge in [-0.25, -0.2) is 4.79 Å². The van der Waals surface area contributed by atoms with E-state index in [0.29, 0.717) is 6.54 Å². The molecule has 1 N–H and O–H groups in total. The molecule has 26 heavy (non-hydrogen) atoms. The molecule has 1 aliphatic heterocycles. The SMILES string of the molecule is COc1ccc(CN2CCCN(C(=O)NCc3ccccc3)CC2)cc1. The molecule has 0 spiro atoms. The first-order valence-electron chi connectivity index (χ1n) is 9.16. The van der Waals surface area contributed by atoms with Gasteiger partial charge in [0.15, 0.2) is 0 Å². The van der Waals surface area contributed by atoms with E-state index in [-0.39, 0.29) is 6.03 Å². The molecule has 0 bridgehead atoms. The van der Waals surface area contributed by atoms with Crippen LogP contribution in [0, 0.1) is 0 Å². The van der Waals surface area contributed by atoms with Gasteiger partial charge >= 0.3 is 6.03 Å². The van der Waals surface area contributed by atoms with Crippen molar-refractivity contribution in [3.63, 3.8) is 0 Å². The van der Waals surface area contributed by atoms with Crippen LogP contribution in [0.1, 0.15) is 17.5 Å². The van der Waals surface area contributed by atoms with Gasteiger partial charge in [0.25, 0.3) is 0 Å². The van der Waals surface area contributed by atoms with Crippen molar-refractivity contribution in [1.82, 2.24) is 15.1 Å². The molecule has 0 radical (unpaired) electrons. The van der Waals surface area contributed by atoms with Gasteiger partial charge in [-0.3, -0.25) is 4.90 Å². The summed E-state index contributed by atoms with van der Waals surface area (Å²) in [6.07, 6.45) is 0.995. The van der Waals surface area contributed by atoms with Gasteiger partial charge in [0.05, 0.1) is 7.11 Å². The minimum atomic E-state index is 0.0279. The van der Waals surface area contributed by atoms with Gasteiger partial charge in [-0.05, 0) is 29.7 Å². The highest BCUT2D eigenvalue weighted by atomic mass is 16.5. The van der Waals surface area contributed by atoms with E-state index >= 15 is 0 Å². The fourth-order valence-electron chi connectivity index (χ4n) is 3.21. The molecule has 1 aliphatic rings. The Morgan fingerprint density at radius 3 is 2.46 bits per heavy atom. The third-order valence-electron chi connectivity index (χ3n) is 4.73. The van der Waals surface area contributed by atoms with Crippen molar-refractivity contribution in [3.8, 4) is 5.75 Å². The molecule has 0 saturated carbocycles. The predicted octanol–water partition coefficient (Wildman–Crippen LogP) is 3.11. The predicted molar refractivity (Wildman–Crippen MR) is 103 cm³/mol. The zero-order valence-corrected chi connectivity index (χ0v) is 15.4. The number of urea groups is 1. The Kier molecular flexibility index (Phi) is 6.50. The topological polar surface area (TPSA) is 44.8 Å². The Balaban J connectivity index is 1.47. The molecule has 3 rings (SSSR count). The molecule has 5 nitrogen and oxygen atoms in total. The number of carbonyl (C=O) groups is 1. The van der Waals surface area contributed by atoms with E-state index in [2.05, 4.69) is 22.3 Å². The Bertz CT molecular complexity index is 688. The lowest BCUT2D eigenvalue weighted by Gasteiger charge is -2.22. The van der Waals surface area contributed by atoms with Crippen LogP contribution < -0.4 is 10.1 Å². The van der Waals surface area contributed by atoms with Crippen LogP contribution in [-0.2, 0) is 13.1 Å². The summed E-state index contributed by atoms with van der Waals surface area (Å²) in [7, 11) is 1.68. The molecular formula is C21H27N3O2. The highest BCUT2D eigenvalue weighted by Crippen LogP contribution is 2.14. The molecule has 0 unspecified atom stereocenters. The largest absolute Gasteiger partial charge is 0.497 e. The maximum atomic E-state index is 12.4. The fourth-order valence-corrected chi connectivity index (χ4v) is 3.21. The number of carbonyl (C=O) groups excluding carboxylic acids is 1. The number of ether oxygens (including phenoxy) is 1. The van der Waals surface area contributed by atoms with E-state index < -0.39 is 0 Å². The van der Waals surface area contributed by atoms with Crippen LogP contribution in [0.5, 0.6) is 5.75 Å². The lowest BCUT2D eigenvalue weighted by atomic mass is 10.2. The summed E-state index contributed by atoms with van der Waals surface area (Å²) in [5.41, 5.74) is 2.39. The monoisotopic (exact) mass is 353 g/mol. The molecule has 2 aromatic carbocycles. The van der Waals surface area contributed by atoms with Crippen LogP contribution in [0.2, 0.25) is 0 Å². The Morgan fingerprint density at radius 1 is 0.962 bits per heavy atom. The van der Waals surface area contributed by atoms with Crippen molar-refractivity contribution in [1.29, 1.82) is 0 Å². The number of methoxy groups -OCH3 is 1. The summed E-state index contributed by atoms with van der Waals surface area (Å²) in [4.78, 5) is 16.8. The highest BCUT2D eigenvalue weighted by molar-refractivity contribution is 5.74. The number of hydrogen-bond acceptors (Lipinski definition) is 3. The maximum Gasteiger partial charge on any atom is 0.317 e. The molecule has 2 amide bonds. The van der Waals surface area contributed by atoms with Crippen LogP contribution in [0.3, 0.4) is 0 Å². The smallest absolute Gasteiger partial charge is 0.317 e. The molecule has 0 aliphatic carbocycles. The van der Waals surface area contributed by atoms with E-state index in [4.69, 9.17) is 4.74 Å². The van der Waals surface area contributed by atoms with Crippen LogP contribution in [-0.4, -0.2) is 49.1 Å². The van der Waals surface area contributed by atoms with Gasteiger partial charge in [0, 0.05) is 39.3 Å². The normalized spacial score (nSPS) is 15.3. The van der Waals surface area contributed by atoms with Crippen LogP contribution in [0.15, 0.2) is 54.6 Å². The average molecular weight is 353 g/mol. The average Bonchev–Trinajstić information content (AvgIpc) is 2.93. The molecule has 1 saturated heterocycles. The minimum Gasteiger partial charge on any atom is -0.497 e. The standard InChI is InChI=1S/C21H27N3O2/c1-26-20-10-8-19(9-11-20)17-23-12-5-13-24(15-14-23)21(25)22-16-18-6-3-2-4-7-18/h2-4,6-11H,5,12-17H2,1H3,(H,22,25). The van der Waals surface area contributed by atoms with Gasteiger partial charge in [0.1, 0.15) is 5.75 Å². The second-order valence-electron chi connectivity index (χ2n) is 6.61. The number of rotatable bonds is 5. The first kappa shape index (κ1) is 18.3. The summed E-state index contributed by atoms with van der Waals surface area (Å²) < 4.78 is 5.21. The molecule has 0 aromatic heterocycles. The van der Waals surface area contributed by atoms with E-state index in [1.807, 2.05) is 47.4 Å². The molecule has 1 fully saturated rings. The van der Waals surface area contributed by atoms with Gasteiger partial charge in [0.2, 0.25) is 0 Å². The van der Waals surface area contributed by atoms with E-state index in [0.717, 1.165) is 50.5 Å². The Morgan fingerprint density at radius 2 is 1.73 bits per heavy atom. The summed E-state index contributed by atoms with van der Waals surface area (Å²) in [5, 5.41) is 3.03. The molecule has 5 heteroatoms. The zero-order valence-electron chi connectivity index (χ0n) is 15.4. The maximum absolute atomic E-state index is 12.4. The molecular weight excluding hydrogens is 326 g/mol. The lowest BCUT2D eigenvalue weighted by Crippen LogP contribution is -2.41. The molecule has 1 heterocycles. The van der Waals surface area contributed by atoms with Crippen molar-refractivity contribution in [2.24, 2.45) is 0 Å².